The van der Waals surface area contributed by atoms with Crippen molar-refractivity contribution < 1.29 is 0 Å². The zero-order valence-electron chi connectivity index (χ0n) is 13.3. The number of rotatable bonds is 6. The molecule has 0 amide bonds. The number of likely N-dealkylation sites (tertiary alicyclic amines) is 1. The van der Waals surface area contributed by atoms with Crippen molar-refractivity contribution in [2.45, 2.75) is 45.1 Å². The summed E-state index contributed by atoms with van der Waals surface area (Å²) in [6.07, 6.45) is 4.98. The molecular weight excluding hydrogens is 280 g/mol. The first-order valence-electron chi connectivity index (χ1n) is 7.89. The van der Waals surface area contributed by atoms with E-state index in [0.29, 0.717) is 5.96 Å². The van der Waals surface area contributed by atoms with E-state index < -0.39 is 0 Å². The van der Waals surface area contributed by atoms with Crippen LogP contribution in [0.4, 0.5) is 0 Å². The molecule has 1 aromatic heterocycles. The fourth-order valence-corrected chi connectivity index (χ4v) is 3.41. The number of hydrogen-bond donors (Lipinski definition) is 2. The van der Waals surface area contributed by atoms with Crippen LogP contribution in [0.5, 0.6) is 0 Å². The minimum absolute atomic E-state index is 0.0977. The summed E-state index contributed by atoms with van der Waals surface area (Å²) in [5.74, 6) is 0.566. The average Bonchev–Trinajstić information content (AvgIpc) is 2.99. The molecule has 1 aromatic rings. The Morgan fingerprint density at radius 1 is 1.38 bits per heavy atom. The van der Waals surface area contributed by atoms with Crippen molar-refractivity contribution in [3.8, 4) is 0 Å². The molecule has 0 aliphatic carbocycles. The summed E-state index contributed by atoms with van der Waals surface area (Å²) in [5.41, 5.74) is 6.07. The number of aliphatic imine (C=N–C) groups is 1. The lowest BCUT2D eigenvalue weighted by Crippen LogP contribution is -2.49. The quantitative estimate of drug-likeness (QED) is 0.627. The molecule has 118 valence electrons. The zero-order chi connectivity index (χ0) is 15.1. The Morgan fingerprint density at radius 3 is 2.81 bits per heavy atom. The summed E-state index contributed by atoms with van der Waals surface area (Å²) in [5, 5.41) is 5.32. The van der Waals surface area contributed by atoms with Crippen LogP contribution < -0.4 is 11.1 Å². The van der Waals surface area contributed by atoms with Gasteiger partial charge >= 0.3 is 0 Å². The van der Waals surface area contributed by atoms with E-state index in [4.69, 9.17) is 5.73 Å². The minimum Gasteiger partial charge on any atom is -0.370 e. The molecule has 1 fully saturated rings. The van der Waals surface area contributed by atoms with Crippen molar-refractivity contribution in [1.29, 1.82) is 0 Å². The van der Waals surface area contributed by atoms with Gasteiger partial charge in [0, 0.05) is 17.0 Å². The first kappa shape index (κ1) is 16.3. The van der Waals surface area contributed by atoms with Crippen LogP contribution in [0.2, 0.25) is 0 Å². The van der Waals surface area contributed by atoms with Gasteiger partial charge in [0.2, 0.25) is 0 Å². The van der Waals surface area contributed by atoms with Gasteiger partial charge in [0.15, 0.2) is 5.96 Å². The van der Waals surface area contributed by atoms with Crippen molar-refractivity contribution in [3.05, 3.63) is 22.4 Å². The first-order valence-corrected chi connectivity index (χ1v) is 8.77. The molecule has 3 N–H and O–H groups in total. The van der Waals surface area contributed by atoms with Crippen LogP contribution in [-0.4, -0.2) is 42.6 Å². The van der Waals surface area contributed by atoms with E-state index in [1.54, 1.807) is 11.3 Å². The van der Waals surface area contributed by atoms with Gasteiger partial charge in [-0.25, -0.2) is 0 Å². The number of nitrogens with two attached hydrogens (primary N) is 1. The van der Waals surface area contributed by atoms with Crippen LogP contribution in [0.3, 0.4) is 0 Å². The van der Waals surface area contributed by atoms with E-state index in [1.165, 1.54) is 37.2 Å². The third-order valence-corrected chi connectivity index (χ3v) is 5.04. The molecule has 4 nitrogen and oxygen atoms in total. The fraction of sp³-hybridized carbons (Fsp3) is 0.688. The lowest BCUT2D eigenvalue weighted by molar-refractivity contribution is 0.102. The summed E-state index contributed by atoms with van der Waals surface area (Å²) in [7, 11) is 0. The number of guanidine groups is 1. The molecule has 0 saturated carbocycles. The van der Waals surface area contributed by atoms with E-state index in [9.17, 15) is 0 Å². The van der Waals surface area contributed by atoms with E-state index in [-0.39, 0.29) is 5.54 Å². The van der Waals surface area contributed by atoms with E-state index in [0.717, 1.165) is 19.5 Å². The molecule has 1 aliphatic rings. The summed E-state index contributed by atoms with van der Waals surface area (Å²) in [6, 6.07) is 4.23. The van der Waals surface area contributed by atoms with Gasteiger partial charge < -0.3 is 11.1 Å². The van der Waals surface area contributed by atoms with Crippen LogP contribution >= 0.6 is 11.3 Å². The molecule has 1 aliphatic heterocycles. The molecular formula is C16H28N4S. The van der Waals surface area contributed by atoms with Gasteiger partial charge in [-0.05, 0) is 57.6 Å². The highest BCUT2D eigenvalue weighted by atomic mass is 32.1. The smallest absolute Gasteiger partial charge is 0.188 e. The van der Waals surface area contributed by atoms with Gasteiger partial charge in [-0.2, -0.15) is 0 Å². The second-order valence-corrected chi connectivity index (χ2v) is 7.35. The van der Waals surface area contributed by atoms with Gasteiger partial charge in [0.25, 0.3) is 0 Å². The summed E-state index contributed by atoms with van der Waals surface area (Å²) in [6.45, 7) is 8.51. The van der Waals surface area contributed by atoms with Crippen LogP contribution in [0, 0.1) is 0 Å². The van der Waals surface area contributed by atoms with E-state index in [1.807, 2.05) is 0 Å². The van der Waals surface area contributed by atoms with Crippen LogP contribution in [0.15, 0.2) is 22.5 Å². The predicted octanol–water partition coefficient (Wildman–Crippen LogP) is 2.46. The van der Waals surface area contributed by atoms with Crippen LogP contribution in [-0.2, 0) is 6.42 Å². The normalized spacial score (nSPS) is 17.9. The number of nitrogens with one attached hydrogen (secondary N) is 1. The van der Waals surface area contributed by atoms with Crippen molar-refractivity contribution in [2.24, 2.45) is 10.7 Å². The van der Waals surface area contributed by atoms with Gasteiger partial charge in [0.1, 0.15) is 0 Å². The number of nitrogens with zero attached hydrogens (tertiary/aromatic N) is 2. The lowest BCUT2D eigenvalue weighted by atomic mass is 9.99. The van der Waals surface area contributed by atoms with Crippen LogP contribution in [0.25, 0.3) is 0 Å². The number of thiophene rings is 1. The molecule has 0 aromatic carbocycles. The number of piperidine rings is 1. The third-order valence-electron chi connectivity index (χ3n) is 4.11. The Balaban J connectivity index is 1.73. The van der Waals surface area contributed by atoms with Gasteiger partial charge in [-0.1, -0.05) is 12.5 Å². The Bertz CT molecular complexity index is 433. The molecule has 0 radical (unpaired) electrons. The molecule has 2 rings (SSSR count). The Labute approximate surface area is 132 Å². The topological polar surface area (TPSA) is 53.6 Å². The van der Waals surface area contributed by atoms with Gasteiger partial charge in [-0.15, -0.1) is 11.3 Å². The maximum absolute atomic E-state index is 5.97. The van der Waals surface area contributed by atoms with E-state index in [2.05, 4.69) is 46.6 Å². The molecule has 0 spiro atoms. The SMILES string of the molecule is CC(C)(CN=C(N)NCCc1cccs1)N1CCCCC1. The summed E-state index contributed by atoms with van der Waals surface area (Å²) in [4.78, 5) is 8.45. The van der Waals surface area contributed by atoms with Gasteiger partial charge in [-0.3, -0.25) is 9.89 Å². The second kappa shape index (κ2) is 7.80. The maximum atomic E-state index is 5.97. The molecule has 1 saturated heterocycles. The van der Waals surface area contributed by atoms with Crippen molar-refractivity contribution >= 4 is 17.3 Å². The molecule has 5 heteroatoms. The highest BCUT2D eigenvalue weighted by Crippen LogP contribution is 2.20. The van der Waals surface area contributed by atoms with Crippen molar-refractivity contribution in [2.75, 3.05) is 26.2 Å². The minimum atomic E-state index is 0.0977. The third kappa shape index (κ3) is 5.32. The van der Waals surface area contributed by atoms with Gasteiger partial charge in [0.05, 0.1) is 6.54 Å². The average molecular weight is 308 g/mol. The second-order valence-electron chi connectivity index (χ2n) is 6.32. The highest BCUT2D eigenvalue weighted by Gasteiger charge is 2.27. The van der Waals surface area contributed by atoms with Crippen LogP contribution in [0.1, 0.15) is 38.0 Å². The van der Waals surface area contributed by atoms with E-state index >= 15 is 0 Å². The fourth-order valence-electron chi connectivity index (χ4n) is 2.70. The molecule has 2 heterocycles. The molecule has 21 heavy (non-hydrogen) atoms. The van der Waals surface area contributed by atoms with Crippen molar-refractivity contribution in [1.82, 2.24) is 10.2 Å². The summed E-state index contributed by atoms with van der Waals surface area (Å²) < 4.78 is 0. The zero-order valence-corrected chi connectivity index (χ0v) is 14.1. The molecule has 0 unspecified atom stereocenters. The molecule has 0 bridgehead atoms. The molecule has 0 atom stereocenters. The van der Waals surface area contributed by atoms with Crippen molar-refractivity contribution in [3.63, 3.8) is 0 Å². The lowest BCUT2D eigenvalue weighted by Gasteiger charge is -2.40. The Kier molecular flexibility index (Phi) is 6.06. The first-order chi connectivity index (χ1) is 10.1. The maximum Gasteiger partial charge on any atom is 0.188 e. The Morgan fingerprint density at radius 2 is 2.14 bits per heavy atom. The summed E-state index contributed by atoms with van der Waals surface area (Å²) >= 11 is 1.78. The predicted molar refractivity (Wildman–Crippen MR) is 92.0 cm³/mol. The number of hydrogen-bond acceptors (Lipinski definition) is 3. The Hall–Kier alpha value is -1.07. The monoisotopic (exact) mass is 308 g/mol. The standard InChI is InChI=1S/C16H28N4S/c1-16(2,20-10-4-3-5-11-20)13-19-15(17)18-9-8-14-7-6-12-21-14/h6-7,12H,3-5,8-11,13H2,1-2H3,(H3,17,18,19). The largest absolute Gasteiger partial charge is 0.370 e. The highest BCUT2D eigenvalue weighted by molar-refractivity contribution is 7.09.